The summed E-state index contributed by atoms with van der Waals surface area (Å²) < 4.78 is 0. The normalized spacial score (nSPS) is 24.3. The number of hydrogen-bond donors (Lipinski definition) is 3. The molecule has 1 aliphatic heterocycles. The summed E-state index contributed by atoms with van der Waals surface area (Å²) in [6.45, 7) is 3.02. The number of H-pyrrole nitrogens is 1. The number of carbonyl (C=O) groups excluding carboxylic acids is 1. The van der Waals surface area contributed by atoms with Crippen LogP contribution in [-0.4, -0.2) is 29.5 Å². The Morgan fingerprint density at radius 3 is 3.06 bits per heavy atom. The molecule has 0 saturated carbocycles. The van der Waals surface area contributed by atoms with Crippen molar-refractivity contribution in [2.75, 3.05) is 6.54 Å². The van der Waals surface area contributed by atoms with Crippen molar-refractivity contribution in [1.82, 2.24) is 15.6 Å². The largest absolute Gasteiger partial charge is 0.349 e. The highest BCUT2D eigenvalue weighted by molar-refractivity contribution is 5.94. The molecule has 2 heterocycles. The van der Waals surface area contributed by atoms with E-state index in [0.29, 0.717) is 11.6 Å². The second-order valence-corrected chi connectivity index (χ2v) is 4.49. The van der Waals surface area contributed by atoms with E-state index in [4.69, 9.17) is 0 Å². The number of pyridine rings is 1. The fourth-order valence-electron chi connectivity index (χ4n) is 2.12. The number of piperidine rings is 1. The van der Waals surface area contributed by atoms with Crippen molar-refractivity contribution < 1.29 is 4.79 Å². The summed E-state index contributed by atoms with van der Waals surface area (Å²) in [4.78, 5) is 25.5. The highest BCUT2D eigenvalue weighted by Gasteiger charge is 2.20. The van der Waals surface area contributed by atoms with E-state index in [-0.39, 0.29) is 17.5 Å². The second kappa shape index (κ2) is 5.14. The summed E-state index contributed by atoms with van der Waals surface area (Å²) in [5.74, 6) is -0.171. The molecule has 1 aromatic rings. The predicted octanol–water partition coefficient (Wildman–Crippen LogP) is 0.245. The zero-order chi connectivity index (χ0) is 12.3. The predicted molar refractivity (Wildman–Crippen MR) is 65.0 cm³/mol. The lowest BCUT2D eigenvalue weighted by molar-refractivity contribution is 0.0925. The molecule has 1 saturated heterocycles. The van der Waals surface area contributed by atoms with Crippen LogP contribution in [0.2, 0.25) is 0 Å². The molecule has 0 radical (unpaired) electrons. The monoisotopic (exact) mass is 235 g/mol. The van der Waals surface area contributed by atoms with Crippen molar-refractivity contribution in [3.63, 3.8) is 0 Å². The van der Waals surface area contributed by atoms with Crippen LogP contribution in [-0.2, 0) is 0 Å². The van der Waals surface area contributed by atoms with Gasteiger partial charge in [-0.05, 0) is 32.4 Å². The maximum absolute atomic E-state index is 11.9. The van der Waals surface area contributed by atoms with E-state index in [1.165, 1.54) is 12.3 Å². The molecule has 5 nitrogen and oxygen atoms in total. The van der Waals surface area contributed by atoms with Crippen molar-refractivity contribution in [3.05, 3.63) is 34.2 Å². The number of aromatic nitrogens is 1. The Morgan fingerprint density at radius 1 is 1.53 bits per heavy atom. The molecule has 0 bridgehead atoms. The topological polar surface area (TPSA) is 74.0 Å². The van der Waals surface area contributed by atoms with Crippen molar-refractivity contribution in [1.29, 1.82) is 0 Å². The van der Waals surface area contributed by atoms with Crippen LogP contribution in [0.3, 0.4) is 0 Å². The van der Waals surface area contributed by atoms with Gasteiger partial charge in [0.25, 0.3) is 5.91 Å². The molecule has 1 aliphatic rings. The zero-order valence-corrected chi connectivity index (χ0v) is 9.82. The summed E-state index contributed by atoms with van der Waals surface area (Å²) in [6, 6.07) is 3.55. The first-order valence-electron chi connectivity index (χ1n) is 5.88. The van der Waals surface area contributed by atoms with Gasteiger partial charge in [-0.25, -0.2) is 0 Å². The van der Waals surface area contributed by atoms with Gasteiger partial charge in [0.1, 0.15) is 0 Å². The Hall–Kier alpha value is -1.62. The van der Waals surface area contributed by atoms with E-state index in [1.807, 2.05) is 0 Å². The molecule has 0 aromatic carbocycles. The molecule has 0 aliphatic carbocycles. The summed E-state index contributed by atoms with van der Waals surface area (Å²) >= 11 is 0. The SMILES string of the molecule is CC1CC(NC(=O)c2cc[nH]c(=O)c2)CCN1. The van der Waals surface area contributed by atoms with Crippen LogP contribution in [0.25, 0.3) is 0 Å². The van der Waals surface area contributed by atoms with Crippen LogP contribution in [0.4, 0.5) is 0 Å². The molecule has 1 aromatic heterocycles. The molecule has 17 heavy (non-hydrogen) atoms. The van der Waals surface area contributed by atoms with E-state index < -0.39 is 0 Å². The second-order valence-electron chi connectivity index (χ2n) is 4.49. The van der Waals surface area contributed by atoms with Gasteiger partial charge < -0.3 is 15.6 Å². The van der Waals surface area contributed by atoms with Crippen molar-refractivity contribution in [3.8, 4) is 0 Å². The van der Waals surface area contributed by atoms with E-state index in [0.717, 1.165) is 19.4 Å². The van der Waals surface area contributed by atoms with E-state index in [2.05, 4.69) is 22.5 Å². The Kier molecular flexibility index (Phi) is 3.58. The van der Waals surface area contributed by atoms with Crippen molar-refractivity contribution >= 4 is 5.91 Å². The fraction of sp³-hybridized carbons (Fsp3) is 0.500. The van der Waals surface area contributed by atoms with E-state index >= 15 is 0 Å². The Balaban J connectivity index is 1.99. The number of carbonyl (C=O) groups is 1. The third kappa shape index (κ3) is 3.17. The minimum absolute atomic E-state index is 0.171. The number of nitrogens with one attached hydrogen (secondary N) is 3. The molecule has 3 N–H and O–H groups in total. The zero-order valence-electron chi connectivity index (χ0n) is 9.82. The van der Waals surface area contributed by atoms with Gasteiger partial charge >= 0.3 is 0 Å². The van der Waals surface area contributed by atoms with Gasteiger partial charge in [-0.3, -0.25) is 9.59 Å². The minimum Gasteiger partial charge on any atom is -0.349 e. The van der Waals surface area contributed by atoms with Crippen molar-refractivity contribution in [2.24, 2.45) is 0 Å². The third-order valence-corrected chi connectivity index (χ3v) is 3.00. The van der Waals surface area contributed by atoms with Crippen LogP contribution in [0, 0.1) is 0 Å². The average Bonchev–Trinajstić information content (AvgIpc) is 2.29. The van der Waals surface area contributed by atoms with E-state index in [9.17, 15) is 9.59 Å². The number of amides is 1. The molecule has 2 rings (SSSR count). The van der Waals surface area contributed by atoms with Gasteiger partial charge in [0.2, 0.25) is 5.56 Å². The summed E-state index contributed by atoms with van der Waals surface area (Å²) in [6.07, 6.45) is 3.34. The quantitative estimate of drug-likeness (QED) is 0.687. The molecular weight excluding hydrogens is 218 g/mol. The van der Waals surface area contributed by atoms with Gasteiger partial charge in [-0.2, -0.15) is 0 Å². The van der Waals surface area contributed by atoms with Gasteiger partial charge in [-0.1, -0.05) is 0 Å². The fourth-order valence-corrected chi connectivity index (χ4v) is 2.12. The lowest BCUT2D eigenvalue weighted by Crippen LogP contribution is -2.46. The molecule has 1 fully saturated rings. The maximum atomic E-state index is 11.9. The first-order chi connectivity index (χ1) is 8.15. The first kappa shape index (κ1) is 11.9. The smallest absolute Gasteiger partial charge is 0.251 e. The molecular formula is C12H17N3O2. The first-order valence-corrected chi connectivity index (χ1v) is 5.88. The Labute approximate surface area is 99.6 Å². The average molecular weight is 235 g/mol. The highest BCUT2D eigenvalue weighted by atomic mass is 16.2. The molecule has 0 spiro atoms. The molecule has 2 atom stereocenters. The molecule has 92 valence electrons. The summed E-state index contributed by atoms with van der Waals surface area (Å²) in [5.41, 5.74) is 0.163. The summed E-state index contributed by atoms with van der Waals surface area (Å²) in [7, 11) is 0. The van der Waals surface area contributed by atoms with Crippen LogP contribution < -0.4 is 16.2 Å². The van der Waals surface area contributed by atoms with Crippen LogP contribution in [0.1, 0.15) is 30.1 Å². The summed E-state index contributed by atoms with van der Waals surface area (Å²) in [5, 5.41) is 6.29. The van der Waals surface area contributed by atoms with Crippen LogP contribution in [0.15, 0.2) is 23.1 Å². The number of hydrogen-bond acceptors (Lipinski definition) is 3. The Morgan fingerprint density at radius 2 is 2.35 bits per heavy atom. The maximum Gasteiger partial charge on any atom is 0.251 e. The molecule has 5 heteroatoms. The molecule has 1 amide bonds. The van der Waals surface area contributed by atoms with E-state index in [1.54, 1.807) is 6.07 Å². The minimum atomic E-state index is -0.253. The third-order valence-electron chi connectivity index (χ3n) is 3.00. The Bertz CT molecular complexity index is 455. The van der Waals surface area contributed by atoms with Gasteiger partial charge in [0, 0.05) is 29.9 Å². The van der Waals surface area contributed by atoms with Gasteiger partial charge in [0.05, 0.1) is 0 Å². The van der Waals surface area contributed by atoms with Gasteiger partial charge in [0.15, 0.2) is 0 Å². The standard InChI is InChI=1S/C12H17N3O2/c1-8-6-10(3-5-13-8)15-12(17)9-2-4-14-11(16)7-9/h2,4,7-8,10,13H,3,5-6H2,1H3,(H,14,16)(H,15,17). The number of rotatable bonds is 2. The highest BCUT2D eigenvalue weighted by Crippen LogP contribution is 2.08. The van der Waals surface area contributed by atoms with Crippen molar-refractivity contribution in [2.45, 2.75) is 31.8 Å². The lowest BCUT2D eigenvalue weighted by Gasteiger charge is -2.28. The van der Waals surface area contributed by atoms with Gasteiger partial charge in [-0.15, -0.1) is 0 Å². The van der Waals surface area contributed by atoms with Crippen LogP contribution >= 0.6 is 0 Å². The molecule has 2 unspecified atom stereocenters. The van der Waals surface area contributed by atoms with Crippen LogP contribution in [0.5, 0.6) is 0 Å². The lowest BCUT2D eigenvalue weighted by atomic mass is 10.0. The number of aromatic amines is 1.